The summed E-state index contributed by atoms with van der Waals surface area (Å²) in [6, 6.07) is 19.8. The van der Waals surface area contributed by atoms with E-state index in [1.807, 2.05) is 41.2 Å². The first-order chi connectivity index (χ1) is 22.6. The van der Waals surface area contributed by atoms with Gasteiger partial charge in [-0.3, -0.25) is 9.88 Å². The Hall–Kier alpha value is -4.72. The van der Waals surface area contributed by atoms with Gasteiger partial charge in [-0.2, -0.15) is 5.26 Å². The first-order valence-electron chi connectivity index (χ1n) is 15.7. The molecule has 0 spiro atoms. The van der Waals surface area contributed by atoms with Gasteiger partial charge < -0.3 is 15.4 Å². The number of halogens is 2. The van der Waals surface area contributed by atoms with E-state index in [2.05, 4.69) is 57.7 Å². The summed E-state index contributed by atoms with van der Waals surface area (Å²) in [5.74, 6) is 0.420. The highest BCUT2D eigenvalue weighted by molar-refractivity contribution is 6.35. The van der Waals surface area contributed by atoms with Crippen LogP contribution >= 0.6 is 11.6 Å². The van der Waals surface area contributed by atoms with Crippen molar-refractivity contribution < 1.29 is 9.13 Å². The molecule has 0 radical (unpaired) electrons. The Labute approximate surface area is 279 Å². The van der Waals surface area contributed by atoms with Crippen LogP contribution in [0.1, 0.15) is 68.1 Å². The van der Waals surface area contributed by atoms with Crippen LogP contribution in [0.2, 0.25) is 5.02 Å². The SMILES string of the molecule is COc1ccccc1CNc1c(C#N)cnc2c(Cl)cc(N[C@@H](c3ccc(F)cc3)c3cn(C4CCN(C(C)(C)C)CC4)nn3)cc12. The van der Waals surface area contributed by atoms with Crippen LogP contribution in [0.5, 0.6) is 5.75 Å². The maximum Gasteiger partial charge on any atom is 0.123 e. The summed E-state index contributed by atoms with van der Waals surface area (Å²) in [6.45, 7) is 9.14. The van der Waals surface area contributed by atoms with E-state index in [1.165, 1.54) is 18.3 Å². The molecule has 6 rings (SSSR count). The molecule has 0 unspecified atom stereocenters. The first-order valence-corrected chi connectivity index (χ1v) is 16.1. The lowest BCUT2D eigenvalue weighted by molar-refractivity contribution is 0.0866. The monoisotopic (exact) mass is 652 g/mol. The minimum atomic E-state index is -0.454. The normalized spacial score (nSPS) is 14.9. The number of nitrogens with zero attached hydrogens (tertiary/aromatic N) is 6. The molecule has 1 fully saturated rings. The third-order valence-corrected chi connectivity index (χ3v) is 9.11. The van der Waals surface area contributed by atoms with Crippen molar-refractivity contribution in [3.05, 3.63) is 106 Å². The largest absolute Gasteiger partial charge is 0.496 e. The molecule has 1 saturated heterocycles. The molecule has 5 aromatic rings. The number of pyridine rings is 1. The average molecular weight is 653 g/mol. The molecule has 11 heteroatoms. The zero-order valence-corrected chi connectivity index (χ0v) is 27.7. The lowest BCUT2D eigenvalue weighted by Gasteiger charge is -2.40. The fourth-order valence-corrected chi connectivity index (χ4v) is 6.47. The Kier molecular flexibility index (Phi) is 9.30. The number of ether oxygens (including phenoxy) is 1. The van der Waals surface area contributed by atoms with Crippen molar-refractivity contribution in [1.29, 1.82) is 5.26 Å². The summed E-state index contributed by atoms with van der Waals surface area (Å²) in [5, 5.41) is 27.2. The van der Waals surface area contributed by atoms with Gasteiger partial charge in [0, 0.05) is 48.0 Å². The van der Waals surface area contributed by atoms with Crippen LogP contribution in [-0.2, 0) is 6.54 Å². The fraction of sp³-hybridized carbons (Fsp3) is 0.333. The quantitative estimate of drug-likeness (QED) is 0.167. The maximum absolute atomic E-state index is 14.0. The molecule has 0 bridgehead atoms. The van der Waals surface area contributed by atoms with Gasteiger partial charge >= 0.3 is 0 Å². The summed E-state index contributed by atoms with van der Waals surface area (Å²) < 4.78 is 21.5. The smallest absolute Gasteiger partial charge is 0.123 e. The highest BCUT2D eigenvalue weighted by Crippen LogP contribution is 2.36. The molecule has 3 aromatic carbocycles. The van der Waals surface area contributed by atoms with Gasteiger partial charge in [-0.1, -0.05) is 47.1 Å². The van der Waals surface area contributed by atoms with E-state index in [9.17, 15) is 9.65 Å². The van der Waals surface area contributed by atoms with E-state index in [4.69, 9.17) is 16.3 Å². The number of likely N-dealkylation sites (tertiary alicyclic amines) is 1. The summed E-state index contributed by atoms with van der Waals surface area (Å²) in [5.41, 5.74) is 4.82. The summed E-state index contributed by atoms with van der Waals surface area (Å²) in [4.78, 5) is 7.00. The Morgan fingerprint density at radius 3 is 2.55 bits per heavy atom. The Balaban J connectivity index is 1.33. The Morgan fingerprint density at radius 2 is 1.85 bits per heavy atom. The molecule has 242 valence electrons. The van der Waals surface area contributed by atoms with Crippen molar-refractivity contribution in [3.8, 4) is 11.8 Å². The number of para-hydroxylation sites is 1. The van der Waals surface area contributed by atoms with E-state index in [-0.39, 0.29) is 17.4 Å². The van der Waals surface area contributed by atoms with Crippen molar-refractivity contribution in [1.82, 2.24) is 24.9 Å². The van der Waals surface area contributed by atoms with Gasteiger partial charge in [-0.25, -0.2) is 9.07 Å². The molecule has 2 aromatic heterocycles. The van der Waals surface area contributed by atoms with Crippen molar-refractivity contribution in [2.24, 2.45) is 0 Å². The minimum Gasteiger partial charge on any atom is -0.496 e. The van der Waals surface area contributed by atoms with Crippen LogP contribution < -0.4 is 15.4 Å². The minimum absolute atomic E-state index is 0.130. The number of nitrogens with one attached hydrogen (secondary N) is 2. The number of hydrogen-bond donors (Lipinski definition) is 2. The maximum atomic E-state index is 14.0. The van der Waals surface area contributed by atoms with Gasteiger partial charge in [0.05, 0.1) is 47.2 Å². The van der Waals surface area contributed by atoms with Crippen LogP contribution in [0.3, 0.4) is 0 Å². The summed E-state index contributed by atoms with van der Waals surface area (Å²) in [6.07, 6.45) is 5.47. The third-order valence-electron chi connectivity index (χ3n) is 8.82. The van der Waals surface area contributed by atoms with Crippen LogP contribution in [-0.4, -0.2) is 50.6 Å². The third kappa shape index (κ3) is 7.02. The lowest BCUT2D eigenvalue weighted by Crippen LogP contribution is -2.46. The molecule has 0 saturated carbocycles. The summed E-state index contributed by atoms with van der Waals surface area (Å²) >= 11 is 6.82. The van der Waals surface area contributed by atoms with Crippen LogP contribution in [0, 0.1) is 17.1 Å². The van der Waals surface area contributed by atoms with Crippen LogP contribution in [0.25, 0.3) is 10.9 Å². The van der Waals surface area contributed by atoms with Crippen LogP contribution in [0.15, 0.2) is 73.1 Å². The Bertz CT molecular complexity index is 1910. The van der Waals surface area contributed by atoms with Crippen molar-refractivity contribution in [2.45, 2.75) is 57.8 Å². The second kappa shape index (κ2) is 13.6. The number of rotatable bonds is 9. The standard InChI is InChI=1S/C36H38ClFN8O/c1-36(2,3)45-15-13-28(14-16-45)46-22-31(43-44-46)34(23-9-11-26(38)12-10-23)42-27-17-29-33(25(19-39)21-41-35(29)30(37)18-27)40-20-24-7-5-6-8-32(24)47-4/h5-12,17-18,21-22,28,34,42H,13-16,20H2,1-4H3,(H,40,41)/t34-/m0/s1. The summed E-state index contributed by atoms with van der Waals surface area (Å²) in [7, 11) is 1.63. The molecule has 9 nitrogen and oxygen atoms in total. The van der Waals surface area contributed by atoms with Gasteiger partial charge in [0.2, 0.25) is 0 Å². The molecule has 0 aliphatic carbocycles. The molecule has 47 heavy (non-hydrogen) atoms. The molecule has 1 atom stereocenters. The van der Waals surface area contributed by atoms with E-state index in [0.29, 0.717) is 45.1 Å². The zero-order valence-electron chi connectivity index (χ0n) is 27.0. The molecule has 2 N–H and O–H groups in total. The van der Waals surface area contributed by atoms with Crippen molar-refractivity contribution in [3.63, 3.8) is 0 Å². The van der Waals surface area contributed by atoms with Gasteiger partial charge in [-0.15, -0.1) is 5.10 Å². The molecule has 3 heterocycles. The molecular weight excluding hydrogens is 615 g/mol. The number of methoxy groups -OCH3 is 1. The van der Waals surface area contributed by atoms with E-state index < -0.39 is 6.04 Å². The number of anilines is 2. The first kappa shape index (κ1) is 32.2. The number of nitriles is 1. The van der Waals surface area contributed by atoms with E-state index >= 15 is 0 Å². The van der Waals surface area contributed by atoms with Gasteiger partial charge in [-0.05, 0) is 69.5 Å². The number of benzene rings is 3. The number of aromatic nitrogens is 4. The lowest BCUT2D eigenvalue weighted by atomic mass is 9.98. The number of fused-ring (bicyclic) bond motifs is 1. The van der Waals surface area contributed by atoms with Crippen molar-refractivity contribution in [2.75, 3.05) is 30.8 Å². The molecule has 1 aliphatic rings. The fourth-order valence-electron chi connectivity index (χ4n) is 6.20. The number of hydrogen-bond acceptors (Lipinski definition) is 8. The predicted octanol–water partition coefficient (Wildman–Crippen LogP) is 7.75. The number of piperidine rings is 1. The van der Waals surface area contributed by atoms with Crippen molar-refractivity contribution >= 4 is 33.9 Å². The molecular formula is C36H38ClFN8O. The van der Waals surface area contributed by atoms with E-state index in [0.717, 1.165) is 42.8 Å². The predicted molar refractivity (Wildman–Crippen MR) is 183 cm³/mol. The zero-order chi connectivity index (χ0) is 33.1. The molecule has 0 amide bonds. The van der Waals surface area contributed by atoms with Gasteiger partial charge in [0.25, 0.3) is 0 Å². The molecule has 1 aliphatic heterocycles. The van der Waals surface area contributed by atoms with Crippen LogP contribution in [0.4, 0.5) is 15.8 Å². The second-order valence-corrected chi connectivity index (χ2v) is 13.2. The average Bonchev–Trinajstić information content (AvgIpc) is 3.56. The highest BCUT2D eigenvalue weighted by Gasteiger charge is 2.29. The highest BCUT2D eigenvalue weighted by atomic mass is 35.5. The topological polar surface area (TPSA) is 104 Å². The van der Waals surface area contributed by atoms with Gasteiger partial charge in [0.15, 0.2) is 0 Å². The van der Waals surface area contributed by atoms with Gasteiger partial charge in [0.1, 0.15) is 23.3 Å². The Morgan fingerprint density at radius 1 is 1.11 bits per heavy atom. The second-order valence-electron chi connectivity index (χ2n) is 12.8. The van der Waals surface area contributed by atoms with E-state index in [1.54, 1.807) is 25.3 Å².